The third kappa shape index (κ3) is 5.51. The van der Waals surface area contributed by atoms with Gasteiger partial charge >= 0.3 is 18.2 Å². The number of carboxylic acids is 1. The molecule has 0 bridgehead atoms. The number of carbonyl (C=O) groups is 2. The van der Waals surface area contributed by atoms with Gasteiger partial charge in [0.2, 0.25) is 0 Å². The van der Waals surface area contributed by atoms with Crippen molar-refractivity contribution in [2.24, 2.45) is 7.05 Å². The summed E-state index contributed by atoms with van der Waals surface area (Å²) in [5, 5.41) is 9.44. The van der Waals surface area contributed by atoms with Gasteiger partial charge in [0.15, 0.2) is 0 Å². The number of amides is 1. The standard InChI is InChI=1S/C23H22F3N3O4/c1-22(2,3)33-21(32)29(16-8-6-15(7-9-16)23(24,25)26)19-10-5-14(20(30)31)11-17(19)18-12-28(4)13-27-18/h5-13H,1-4H3,(H,30,31). The molecule has 0 saturated heterocycles. The Bertz CT molecular complexity index is 1180. The highest BCUT2D eigenvalue weighted by atomic mass is 19.4. The molecule has 3 rings (SSSR count). The SMILES string of the molecule is Cn1cnc(-c2cc(C(=O)O)ccc2N(C(=O)OC(C)(C)C)c2ccc(C(F)(F)F)cc2)c1. The number of halogens is 3. The van der Waals surface area contributed by atoms with Gasteiger partial charge in [-0.1, -0.05) is 0 Å². The second kappa shape index (κ2) is 8.61. The topological polar surface area (TPSA) is 84.7 Å². The van der Waals surface area contributed by atoms with Gasteiger partial charge < -0.3 is 14.4 Å². The number of benzene rings is 2. The van der Waals surface area contributed by atoms with E-state index in [-0.39, 0.29) is 16.9 Å². The van der Waals surface area contributed by atoms with E-state index in [9.17, 15) is 27.9 Å². The van der Waals surface area contributed by atoms with Crippen LogP contribution < -0.4 is 4.90 Å². The average molecular weight is 461 g/mol. The van der Waals surface area contributed by atoms with Gasteiger partial charge in [0.05, 0.1) is 34.5 Å². The second-order valence-electron chi connectivity index (χ2n) is 8.32. The highest BCUT2D eigenvalue weighted by Crippen LogP contribution is 2.38. The number of aryl methyl sites for hydroxylation is 1. The van der Waals surface area contributed by atoms with E-state index in [2.05, 4.69) is 4.98 Å². The summed E-state index contributed by atoms with van der Waals surface area (Å²) in [5.41, 5.74) is -0.840. The highest BCUT2D eigenvalue weighted by Gasteiger charge is 2.32. The summed E-state index contributed by atoms with van der Waals surface area (Å²) in [6, 6.07) is 8.07. The Hall–Kier alpha value is -3.82. The van der Waals surface area contributed by atoms with Crippen LogP contribution in [0.25, 0.3) is 11.3 Å². The number of aromatic nitrogens is 2. The number of alkyl halides is 3. The molecule has 0 aliphatic rings. The van der Waals surface area contributed by atoms with Crippen LogP contribution in [0.15, 0.2) is 55.0 Å². The number of hydrogen-bond donors (Lipinski definition) is 1. The van der Waals surface area contributed by atoms with Gasteiger partial charge in [0.25, 0.3) is 0 Å². The summed E-state index contributed by atoms with van der Waals surface area (Å²) >= 11 is 0. The van der Waals surface area contributed by atoms with Crippen molar-refractivity contribution in [3.63, 3.8) is 0 Å². The molecule has 1 N–H and O–H groups in total. The fraction of sp³-hybridized carbons (Fsp3) is 0.261. The smallest absolute Gasteiger partial charge is 0.419 e. The summed E-state index contributed by atoms with van der Waals surface area (Å²) in [7, 11) is 1.72. The van der Waals surface area contributed by atoms with E-state index < -0.39 is 29.4 Å². The van der Waals surface area contributed by atoms with Crippen molar-refractivity contribution in [1.82, 2.24) is 9.55 Å². The van der Waals surface area contributed by atoms with E-state index in [0.717, 1.165) is 29.2 Å². The van der Waals surface area contributed by atoms with Crippen LogP contribution in [0.1, 0.15) is 36.7 Å². The maximum atomic E-state index is 13.2. The molecule has 0 aliphatic heterocycles. The number of hydrogen-bond acceptors (Lipinski definition) is 4. The van der Waals surface area contributed by atoms with Gasteiger partial charge in [-0.05, 0) is 63.2 Å². The molecule has 0 unspecified atom stereocenters. The van der Waals surface area contributed by atoms with E-state index >= 15 is 0 Å². The molecular formula is C23H22F3N3O4. The van der Waals surface area contributed by atoms with Crippen LogP contribution in [-0.2, 0) is 18.0 Å². The Balaban J connectivity index is 2.22. The summed E-state index contributed by atoms with van der Waals surface area (Å²) in [4.78, 5) is 30.1. The quantitative estimate of drug-likeness (QED) is 0.525. The first kappa shape index (κ1) is 23.8. The molecule has 0 spiro atoms. The minimum Gasteiger partial charge on any atom is -0.478 e. The first-order valence-corrected chi connectivity index (χ1v) is 9.82. The van der Waals surface area contributed by atoms with Crippen molar-refractivity contribution in [3.05, 3.63) is 66.1 Å². The lowest BCUT2D eigenvalue weighted by Crippen LogP contribution is -2.34. The first-order valence-electron chi connectivity index (χ1n) is 9.82. The Kier molecular flexibility index (Phi) is 6.22. The molecule has 2 aromatic carbocycles. The number of imidazole rings is 1. The van der Waals surface area contributed by atoms with Gasteiger partial charge in [0.1, 0.15) is 5.60 Å². The number of rotatable bonds is 4. The zero-order chi connectivity index (χ0) is 24.6. The second-order valence-corrected chi connectivity index (χ2v) is 8.32. The third-order valence-corrected chi connectivity index (χ3v) is 4.49. The number of carboxylic acid groups (broad SMARTS) is 1. The van der Waals surface area contributed by atoms with Crippen LogP contribution >= 0.6 is 0 Å². The molecule has 33 heavy (non-hydrogen) atoms. The van der Waals surface area contributed by atoms with E-state index in [1.54, 1.807) is 38.6 Å². The molecule has 7 nitrogen and oxygen atoms in total. The van der Waals surface area contributed by atoms with Crippen LogP contribution in [0.2, 0.25) is 0 Å². The Labute approximate surface area is 188 Å². The van der Waals surface area contributed by atoms with Crippen molar-refractivity contribution in [3.8, 4) is 11.3 Å². The third-order valence-electron chi connectivity index (χ3n) is 4.49. The van der Waals surface area contributed by atoms with Crippen LogP contribution in [0.3, 0.4) is 0 Å². The lowest BCUT2D eigenvalue weighted by atomic mass is 10.0. The maximum absolute atomic E-state index is 13.2. The fourth-order valence-electron chi connectivity index (χ4n) is 3.07. The van der Waals surface area contributed by atoms with E-state index in [1.165, 1.54) is 24.5 Å². The molecule has 0 atom stereocenters. The summed E-state index contributed by atoms with van der Waals surface area (Å²) < 4.78 is 46.3. The molecule has 10 heteroatoms. The van der Waals surface area contributed by atoms with Crippen molar-refractivity contribution in [2.45, 2.75) is 32.5 Å². The average Bonchev–Trinajstić information content (AvgIpc) is 3.13. The Morgan fingerprint density at radius 3 is 2.18 bits per heavy atom. The fourth-order valence-corrected chi connectivity index (χ4v) is 3.07. The molecule has 3 aromatic rings. The minimum absolute atomic E-state index is 0.0454. The van der Waals surface area contributed by atoms with Crippen LogP contribution in [0, 0.1) is 0 Å². The Morgan fingerprint density at radius 1 is 1.06 bits per heavy atom. The number of ether oxygens (including phenoxy) is 1. The first-order chi connectivity index (χ1) is 15.3. The van der Waals surface area contributed by atoms with Crippen LogP contribution in [-0.4, -0.2) is 32.3 Å². The van der Waals surface area contributed by atoms with Gasteiger partial charge in [-0.2, -0.15) is 13.2 Å². The Morgan fingerprint density at radius 2 is 1.70 bits per heavy atom. The monoisotopic (exact) mass is 461 g/mol. The maximum Gasteiger partial charge on any atom is 0.419 e. The van der Waals surface area contributed by atoms with E-state index in [1.807, 2.05) is 0 Å². The molecule has 0 aliphatic carbocycles. The molecule has 1 heterocycles. The van der Waals surface area contributed by atoms with E-state index in [0.29, 0.717) is 11.3 Å². The zero-order valence-electron chi connectivity index (χ0n) is 18.3. The summed E-state index contributed by atoms with van der Waals surface area (Å²) in [5.74, 6) is -1.18. The molecule has 1 aromatic heterocycles. The van der Waals surface area contributed by atoms with Crippen molar-refractivity contribution in [1.29, 1.82) is 0 Å². The van der Waals surface area contributed by atoms with Crippen molar-refractivity contribution < 1.29 is 32.6 Å². The van der Waals surface area contributed by atoms with E-state index in [4.69, 9.17) is 4.74 Å². The molecule has 0 saturated carbocycles. The minimum atomic E-state index is -4.54. The number of nitrogens with zero attached hydrogens (tertiary/aromatic N) is 3. The predicted molar refractivity (Wildman–Crippen MR) is 115 cm³/mol. The summed E-state index contributed by atoms with van der Waals surface area (Å²) in [6.07, 6.45) is -2.26. The number of aromatic carboxylic acids is 1. The van der Waals surface area contributed by atoms with Gasteiger partial charge in [-0.3, -0.25) is 0 Å². The number of anilines is 2. The molecule has 1 amide bonds. The molecular weight excluding hydrogens is 439 g/mol. The molecule has 0 fully saturated rings. The van der Waals surface area contributed by atoms with Gasteiger partial charge in [0, 0.05) is 18.8 Å². The highest BCUT2D eigenvalue weighted by molar-refractivity contribution is 6.02. The largest absolute Gasteiger partial charge is 0.478 e. The molecule has 0 radical (unpaired) electrons. The molecule has 174 valence electrons. The summed E-state index contributed by atoms with van der Waals surface area (Å²) in [6.45, 7) is 4.97. The lowest BCUT2D eigenvalue weighted by Gasteiger charge is -2.29. The number of carbonyl (C=O) groups excluding carboxylic acids is 1. The normalized spacial score (nSPS) is 11.8. The van der Waals surface area contributed by atoms with Crippen molar-refractivity contribution in [2.75, 3.05) is 4.90 Å². The van der Waals surface area contributed by atoms with Crippen LogP contribution in [0.5, 0.6) is 0 Å². The van der Waals surface area contributed by atoms with Crippen LogP contribution in [0.4, 0.5) is 29.3 Å². The van der Waals surface area contributed by atoms with Gasteiger partial charge in [-0.15, -0.1) is 0 Å². The lowest BCUT2D eigenvalue weighted by molar-refractivity contribution is -0.137. The van der Waals surface area contributed by atoms with Gasteiger partial charge in [-0.25, -0.2) is 19.5 Å². The van der Waals surface area contributed by atoms with Crippen molar-refractivity contribution >= 4 is 23.4 Å². The predicted octanol–water partition coefficient (Wildman–Crippen LogP) is 5.88. The zero-order valence-corrected chi connectivity index (χ0v) is 18.3.